The molecular formula is C36H35N3O2S. The summed E-state index contributed by atoms with van der Waals surface area (Å²) in [5.74, 6) is -0.0560. The maximum atomic E-state index is 13.7. The minimum absolute atomic E-state index is 0.0117. The van der Waals surface area contributed by atoms with E-state index < -0.39 is 0 Å². The molecule has 1 fully saturated rings. The van der Waals surface area contributed by atoms with Gasteiger partial charge in [-0.1, -0.05) is 90.6 Å². The van der Waals surface area contributed by atoms with Crippen molar-refractivity contribution in [1.82, 2.24) is 10.2 Å². The van der Waals surface area contributed by atoms with Gasteiger partial charge in [0.1, 0.15) is 0 Å². The molecule has 5 nitrogen and oxygen atoms in total. The summed E-state index contributed by atoms with van der Waals surface area (Å²) in [7, 11) is 0. The van der Waals surface area contributed by atoms with Crippen LogP contribution in [0.4, 0.5) is 5.69 Å². The summed E-state index contributed by atoms with van der Waals surface area (Å²) in [4.78, 5) is 32.8. The first-order valence-electron chi connectivity index (χ1n) is 14.6. The Kier molecular flexibility index (Phi) is 8.54. The molecule has 0 saturated carbocycles. The fraction of sp³-hybridized carbons (Fsp3) is 0.222. The molecule has 6 rings (SSSR count). The summed E-state index contributed by atoms with van der Waals surface area (Å²) < 4.78 is 0. The second kappa shape index (κ2) is 12.8. The van der Waals surface area contributed by atoms with Crippen molar-refractivity contribution in [3.05, 3.63) is 136 Å². The van der Waals surface area contributed by atoms with Crippen molar-refractivity contribution in [2.45, 2.75) is 43.8 Å². The molecule has 212 valence electrons. The summed E-state index contributed by atoms with van der Waals surface area (Å²) >= 11 is 1.50. The lowest BCUT2D eigenvalue weighted by Crippen LogP contribution is -2.44. The maximum absolute atomic E-state index is 13.7. The number of benzene rings is 4. The van der Waals surface area contributed by atoms with Gasteiger partial charge in [0, 0.05) is 36.1 Å². The molecule has 2 aliphatic rings. The molecule has 1 N–H and O–H groups in total. The van der Waals surface area contributed by atoms with E-state index in [0.29, 0.717) is 17.0 Å². The molecule has 4 aromatic carbocycles. The van der Waals surface area contributed by atoms with E-state index in [4.69, 9.17) is 0 Å². The van der Waals surface area contributed by atoms with Crippen molar-refractivity contribution >= 4 is 35.3 Å². The highest BCUT2D eigenvalue weighted by molar-refractivity contribution is 8.04. The van der Waals surface area contributed by atoms with Crippen LogP contribution in [0.3, 0.4) is 0 Å². The Hall–Kier alpha value is -4.13. The van der Waals surface area contributed by atoms with Crippen LogP contribution in [0.25, 0.3) is 6.08 Å². The van der Waals surface area contributed by atoms with Gasteiger partial charge in [0.25, 0.3) is 11.8 Å². The Morgan fingerprint density at radius 2 is 1.55 bits per heavy atom. The lowest BCUT2D eigenvalue weighted by molar-refractivity contribution is -0.114. The molecule has 0 aliphatic carbocycles. The van der Waals surface area contributed by atoms with E-state index in [2.05, 4.69) is 59.6 Å². The van der Waals surface area contributed by atoms with E-state index in [1.807, 2.05) is 71.6 Å². The van der Waals surface area contributed by atoms with Gasteiger partial charge in [0.2, 0.25) is 0 Å². The average molecular weight is 574 g/mol. The fourth-order valence-corrected chi connectivity index (χ4v) is 6.66. The molecule has 4 aromatic rings. The molecule has 1 saturated heterocycles. The van der Waals surface area contributed by atoms with Gasteiger partial charge in [-0.3, -0.25) is 14.5 Å². The van der Waals surface area contributed by atoms with Gasteiger partial charge in [0.15, 0.2) is 0 Å². The highest BCUT2D eigenvalue weighted by Crippen LogP contribution is 2.42. The number of anilines is 1. The number of hydrogen-bond acceptors (Lipinski definition) is 4. The Bertz CT molecular complexity index is 1590. The van der Waals surface area contributed by atoms with E-state index in [1.54, 1.807) is 0 Å². The van der Waals surface area contributed by atoms with E-state index in [1.165, 1.54) is 17.3 Å². The zero-order valence-corrected chi connectivity index (χ0v) is 24.6. The second-order valence-corrected chi connectivity index (χ2v) is 12.1. The molecular weight excluding hydrogens is 538 g/mol. The van der Waals surface area contributed by atoms with Crippen LogP contribution in [0.5, 0.6) is 0 Å². The zero-order valence-electron chi connectivity index (χ0n) is 23.8. The monoisotopic (exact) mass is 573 g/mol. The number of thioether (sulfide) groups is 1. The number of amides is 2. The first-order valence-corrected chi connectivity index (χ1v) is 15.4. The molecule has 2 heterocycles. The van der Waals surface area contributed by atoms with Gasteiger partial charge in [-0.25, -0.2) is 0 Å². The number of nitrogens with zero attached hydrogens (tertiary/aromatic N) is 2. The molecule has 6 heteroatoms. The normalized spacial score (nSPS) is 16.8. The van der Waals surface area contributed by atoms with Gasteiger partial charge in [-0.15, -0.1) is 0 Å². The Balaban J connectivity index is 1.10. The highest BCUT2D eigenvalue weighted by Gasteiger charge is 2.29. The van der Waals surface area contributed by atoms with E-state index in [0.717, 1.165) is 59.7 Å². The van der Waals surface area contributed by atoms with Crippen molar-refractivity contribution < 1.29 is 9.59 Å². The van der Waals surface area contributed by atoms with Gasteiger partial charge >= 0.3 is 0 Å². The number of likely N-dealkylation sites (tertiary alicyclic amines) is 1. The van der Waals surface area contributed by atoms with Gasteiger partial charge in [0.05, 0.1) is 17.1 Å². The summed E-state index contributed by atoms with van der Waals surface area (Å²) in [6.45, 7) is 5.50. The number of hydrogen-bond donors (Lipinski definition) is 1. The number of piperidine rings is 1. The van der Waals surface area contributed by atoms with Crippen molar-refractivity contribution in [2.24, 2.45) is 0 Å². The third-order valence-corrected chi connectivity index (χ3v) is 9.14. The van der Waals surface area contributed by atoms with Crippen LogP contribution in [0.2, 0.25) is 0 Å². The van der Waals surface area contributed by atoms with Crippen LogP contribution < -0.4 is 10.2 Å². The van der Waals surface area contributed by atoms with E-state index in [9.17, 15) is 9.59 Å². The third-order valence-electron chi connectivity index (χ3n) is 8.06. The summed E-state index contributed by atoms with van der Waals surface area (Å²) in [6, 6.07) is 34.5. The van der Waals surface area contributed by atoms with Gasteiger partial charge < -0.3 is 10.2 Å². The average Bonchev–Trinajstić information content (AvgIpc) is 3.02. The smallest absolute Gasteiger partial charge is 0.265 e. The van der Waals surface area contributed by atoms with Crippen molar-refractivity contribution in [1.29, 1.82) is 0 Å². The number of aryl methyl sites for hydroxylation is 1. The summed E-state index contributed by atoms with van der Waals surface area (Å²) in [5.41, 5.74) is 6.09. The molecule has 0 atom stereocenters. The third kappa shape index (κ3) is 6.51. The Labute approximate surface area is 252 Å². The lowest BCUT2D eigenvalue weighted by atomic mass is 10.0. The lowest BCUT2D eigenvalue weighted by Gasteiger charge is -2.32. The molecule has 0 unspecified atom stereocenters. The number of carbonyl (C=O) groups excluding carboxylic acids is 2. The van der Waals surface area contributed by atoms with Crippen molar-refractivity contribution in [3.63, 3.8) is 0 Å². The van der Waals surface area contributed by atoms with Gasteiger partial charge in [-0.2, -0.15) is 0 Å². The minimum atomic E-state index is -0.0443. The fourth-order valence-electron chi connectivity index (χ4n) is 5.60. The predicted molar refractivity (Wildman–Crippen MR) is 171 cm³/mol. The predicted octanol–water partition coefficient (Wildman–Crippen LogP) is 7.07. The molecule has 0 radical (unpaired) electrons. The summed E-state index contributed by atoms with van der Waals surface area (Å²) in [5, 5.41) is 3.23. The quantitative estimate of drug-likeness (QED) is 0.240. The first kappa shape index (κ1) is 28.0. The summed E-state index contributed by atoms with van der Waals surface area (Å²) in [6.07, 6.45) is 3.82. The Morgan fingerprint density at radius 3 is 2.31 bits per heavy atom. The number of nitrogens with one attached hydrogen (secondary N) is 1. The van der Waals surface area contributed by atoms with Gasteiger partial charge in [-0.05, 0) is 72.4 Å². The first-order chi connectivity index (χ1) is 20.5. The molecule has 0 spiro atoms. The van der Waals surface area contributed by atoms with E-state index in [-0.39, 0.29) is 17.9 Å². The number of rotatable bonds is 7. The van der Waals surface area contributed by atoms with Crippen LogP contribution in [0.15, 0.2) is 113 Å². The van der Waals surface area contributed by atoms with Crippen molar-refractivity contribution in [3.8, 4) is 0 Å². The highest BCUT2D eigenvalue weighted by atomic mass is 32.2. The SMILES string of the molecule is Cc1ccccc1CN1C(=O)/C(=C\c2ccc(C(=O)NC3CCN(Cc4ccccc4)CC3)cc2)Sc2ccccc21. The number of fused-ring (bicyclic) bond motifs is 1. The molecule has 2 amide bonds. The topological polar surface area (TPSA) is 52.7 Å². The van der Waals surface area contributed by atoms with Crippen LogP contribution in [-0.2, 0) is 17.9 Å². The zero-order chi connectivity index (χ0) is 28.9. The van der Waals surface area contributed by atoms with Crippen LogP contribution in [0.1, 0.15) is 45.5 Å². The molecule has 0 bridgehead atoms. The second-order valence-electron chi connectivity index (χ2n) is 11.0. The van der Waals surface area contributed by atoms with Crippen LogP contribution in [0, 0.1) is 6.92 Å². The molecule has 2 aliphatic heterocycles. The standard InChI is InChI=1S/C36H35N3O2S/c1-26-9-5-6-12-30(26)25-39-32-13-7-8-14-33(32)42-34(36(39)41)23-27-15-17-29(18-16-27)35(40)37-31-19-21-38(22-20-31)24-28-10-3-2-4-11-28/h2-18,23,31H,19-22,24-25H2,1H3,(H,37,40)/b34-23+. The number of para-hydroxylation sites is 1. The largest absolute Gasteiger partial charge is 0.349 e. The van der Waals surface area contributed by atoms with Crippen LogP contribution in [-0.4, -0.2) is 35.8 Å². The van der Waals surface area contributed by atoms with Crippen molar-refractivity contribution in [2.75, 3.05) is 18.0 Å². The minimum Gasteiger partial charge on any atom is -0.349 e. The van der Waals surface area contributed by atoms with Crippen LogP contribution >= 0.6 is 11.8 Å². The molecule has 42 heavy (non-hydrogen) atoms. The van der Waals surface area contributed by atoms with E-state index >= 15 is 0 Å². The molecule has 0 aromatic heterocycles. The Morgan fingerprint density at radius 1 is 0.857 bits per heavy atom. The maximum Gasteiger partial charge on any atom is 0.265 e. The number of carbonyl (C=O) groups is 2.